The van der Waals surface area contributed by atoms with Crippen molar-refractivity contribution in [2.45, 2.75) is 45.4 Å². The van der Waals surface area contributed by atoms with Gasteiger partial charge >= 0.3 is 6.09 Å². The van der Waals surface area contributed by atoms with Gasteiger partial charge in [0.25, 0.3) is 0 Å². The van der Waals surface area contributed by atoms with E-state index in [2.05, 4.69) is 11.9 Å². The van der Waals surface area contributed by atoms with Crippen LogP contribution >= 0.6 is 0 Å². The number of piperidine rings is 1. The summed E-state index contributed by atoms with van der Waals surface area (Å²) >= 11 is 0. The molecule has 1 aliphatic rings. The summed E-state index contributed by atoms with van der Waals surface area (Å²) in [7, 11) is 0. The van der Waals surface area contributed by atoms with E-state index >= 15 is 0 Å². The summed E-state index contributed by atoms with van der Waals surface area (Å²) in [6.45, 7) is 4.24. The van der Waals surface area contributed by atoms with Crippen molar-refractivity contribution >= 4 is 11.9 Å². The fourth-order valence-corrected chi connectivity index (χ4v) is 2.79. The standard InChI is InChI=1S/C17H27N3O2/c1-2-3-13-22-17(21)20-11-9-14(10-12-20)7-8-15-5-4-6-16(18)19-15/h4-6,14H,2-3,7-13H2,1H3,(H2,18,19). The van der Waals surface area contributed by atoms with Crippen LogP contribution in [0.5, 0.6) is 0 Å². The van der Waals surface area contributed by atoms with Crippen LogP contribution in [-0.4, -0.2) is 35.7 Å². The van der Waals surface area contributed by atoms with Gasteiger partial charge in [-0.1, -0.05) is 19.4 Å². The lowest BCUT2D eigenvalue weighted by Crippen LogP contribution is -2.39. The number of anilines is 1. The molecule has 0 aromatic carbocycles. The number of likely N-dealkylation sites (tertiary alicyclic amines) is 1. The van der Waals surface area contributed by atoms with Gasteiger partial charge in [0.05, 0.1) is 6.61 Å². The van der Waals surface area contributed by atoms with E-state index in [0.717, 1.165) is 57.3 Å². The van der Waals surface area contributed by atoms with Crippen molar-refractivity contribution in [2.75, 3.05) is 25.4 Å². The summed E-state index contributed by atoms with van der Waals surface area (Å²) in [5.41, 5.74) is 6.76. The molecule has 5 heteroatoms. The molecule has 5 nitrogen and oxygen atoms in total. The lowest BCUT2D eigenvalue weighted by molar-refractivity contribution is 0.0859. The molecule has 0 saturated carbocycles. The van der Waals surface area contributed by atoms with Crippen molar-refractivity contribution in [3.05, 3.63) is 23.9 Å². The zero-order chi connectivity index (χ0) is 15.8. The zero-order valence-electron chi connectivity index (χ0n) is 13.5. The molecule has 22 heavy (non-hydrogen) atoms. The Morgan fingerprint density at radius 3 is 2.86 bits per heavy atom. The first-order valence-electron chi connectivity index (χ1n) is 8.32. The summed E-state index contributed by atoms with van der Waals surface area (Å²) in [4.78, 5) is 18.1. The first kappa shape index (κ1) is 16.6. The van der Waals surface area contributed by atoms with Gasteiger partial charge in [0, 0.05) is 18.8 Å². The normalized spacial score (nSPS) is 15.8. The second-order valence-corrected chi connectivity index (χ2v) is 5.99. The van der Waals surface area contributed by atoms with E-state index < -0.39 is 0 Å². The summed E-state index contributed by atoms with van der Waals surface area (Å²) < 4.78 is 5.26. The fraction of sp³-hybridized carbons (Fsp3) is 0.647. The van der Waals surface area contributed by atoms with Gasteiger partial charge in [-0.2, -0.15) is 0 Å². The van der Waals surface area contributed by atoms with Crippen LogP contribution in [0.4, 0.5) is 10.6 Å². The highest BCUT2D eigenvalue weighted by Gasteiger charge is 2.23. The van der Waals surface area contributed by atoms with Gasteiger partial charge in [0.2, 0.25) is 0 Å². The first-order valence-corrected chi connectivity index (χ1v) is 8.32. The van der Waals surface area contributed by atoms with E-state index in [4.69, 9.17) is 10.5 Å². The SMILES string of the molecule is CCCCOC(=O)N1CCC(CCc2cccc(N)n2)CC1. The van der Waals surface area contributed by atoms with Gasteiger partial charge < -0.3 is 15.4 Å². The second kappa shape index (κ2) is 8.61. The molecular weight excluding hydrogens is 278 g/mol. The Labute approximate surface area is 132 Å². The largest absolute Gasteiger partial charge is 0.449 e. The van der Waals surface area contributed by atoms with Gasteiger partial charge in [-0.25, -0.2) is 9.78 Å². The predicted molar refractivity (Wildman–Crippen MR) is 87.5 cm³/mol. The maximum Gasteiger partial charge on any atom is 0.409 e. The smallest absolute Gasteiger partial charge is 0.409 e. The minimum absolute atomic E-state index is 0.149. The number of aryl methyl sites for hydroxylation is 1. The predicted octanol–water partition coefficient (Wildman–Crippen LogP) is 3.25. The number of nitrogens with zero attached hydrogens (tertiary/aromatic N) is 2. The highest BCUT2D eigenvalue weighted by molar-refractivity contribution is 5.67. The molecule has 0 bridgehead atoms. The third-order valence-corrected chi connectivity index (χ3v) is 4.23. The van der Waals surface area contributed by atoms with Crippen molar-refractivity contribution in [1.82, 2.24) is 9.88 Å². The number of pyridine rings is 1. The number of unbranched alkanes of at least 4 members (excludes halogenated alkanes) is 1. The number of rotatable bonds is 6. The molecule has 122 valence electrons. The van der Waals surface area contributed by atoms with Gasteiger partial charge in [-0.15, -0.1) is 0 Å². The summed E-state index contributed by atoms with van der Waals surface area (Å²) in [6.07, 6.45) is 6.00. The lowest BCUT2D eigenvalue weighted by Gasteiger charge is -2.31. The number of amides is 1. The average Bonchev–Trinajstić information content (AvgIpc) is 2.54. The highest BCUT2D eigenvalue weighted by atomic mass is 16.6. The van der Waals surface area contributed by atoms with Crippen LogP contribution in [0, 0.1) is 5.92 Å². The third kappa shape index (κ3) is 5.20. The van der Waals surface area contributed by atoms with E-state index in [1.807, 2.05) is 23.1 Å². The number of nitrogen functional groups attached to an aromatic ring is 1. The minimum atomic E-state index is -0.149. The molecule has 0 spiro atoms. The number of carbonyl (C=O) groups is 1. The quantitative estimate of drug-likeness (QED) is 0.819. The number of ether oxygens (including phenoxy) is 1. The Kier molecular flexibility index (Phi) is 6.49. The molecule has 0 radical (unpaired) electrons. The fourth-order valence-electron chi connectivity index (χ4n) is 2.79. The average molecular weight is 305 g/mol. The molecule has 0 unspecified atom stereocenters. The van der Waals surface area contributed by atoms with Crippen LogP contribution in [0.3, 0.4) is 0 Å². The van der Waals surface area contributed by atoms with Crippen LogP contribution in [0.1, 0.15) is 44.7 Å². The van der Waals surface area contributed by atoms with Gasteiger partial charge in [-0.05, 0) is 50.2 Å². The van der Waals surface area contributed by atoms with E-state index in [1.54, 1.807) is 0 Å². The molecular formula is C17H27N3O2. The molecule has 2 N–H and O–H groups in total. The molecule has 1 amide bonds. The number of carbonyl (C=O) groups excluding carboxylic acids is 1. The third-order valence-electron chi connectivity index (χ3n) is 4.23. The Bertz CT molecular complexity index is 471. The summed E-state index contributed by atoms with van der Waals surface area (Å²) in [6, 6.07) is 5.79. The van der Waals surface area contributed by atoms with Crippen molar-refractivity contribution < 1.29 is 9.53 Å². The maximum absolute atomic E-state index is 11.9. The van der Waals surface area contributed by atoms with E-state index in [9.17, 15) is 4.79 Å². The number of nitrogens with two attached hydrogens (primary N) is 1. The maximum atomic E-state index is 11.9. The number of aromatic nitrogens is 1. The van der Waals surface area contributed by atoms with Crippen LogP contribution in [-0.2, 0) is 11.2 Å². The van der Waals surface area contributed by atoms with Crippen molar-refractivity contribution in [2.24, 2.45) is 5.92 Å². The molecule has 0 atom stereocenters. The van der Waals surface area contributed by atoms with Gasteiger partial charge in [-0.3, -0.25) is 0 Å². The van der Waals surface area contributed by atoms with E-state index in [-0.39, 0.29) is 6.09 Å². The molecule has 0 aliphatic carbocycles. The molecule has 2 rings (SSSR count). The Balaban J connectivity index is 1.67. The minimum Gasteiger partial charge on any atom is -0.449 e. The monoisotopic (exact) mass is 305 g/mol. The Morgan fingerprint density at radius 1 is 1.41 bits per heavy atom. The van der Waals surface area contributed by atoms with E-state index in [0.29, 0.717) is 18.3 Å². The van der Waals surface area contributed by atoms with Crippen molar-refractivity contribution in [3.63, 3.8) is 0 Å². The van der Waals surface area contributed by atoms with Crippen LogP contribution in [0.25, 0.3) is 0 Å². The molecule has 1 aromatic rings. The Hall–Kier alpha value is -1.78. The number of hydrogen-bond donors (Lipinski definition) is 1. The van der Waals surface area contributed by atoms with E-state index in [1.165, 1.54) is 0 Å². The molecule has 1 aromatic heterocycles. The van der Waals surface area contributed by atoms with Crippen LogP contribution in [0.2, 0.25) is 0 Å². The Morgan fingerprint density at radius 2 is 2.18 bits per heavy atom. The van der Waals surface area contributed by atoms with Crippen LogP contribution < -0.4 is 5.73 Å². The van der Waals surface area contributed by atoms with Gasteiger partial charge in [0.15, 0.2) is 0 Å². The molecule has 1 aliphatic heterocycles. The summed E-state index contributed by atoms with van der Waals surface area (Å²) in [5.74, 6) is 1.24. The molecule has 1 saturated heterocycles. The van der Waals surface area contributed by atoms with Gasteiger partial charge in [0.1, 0.15) is 5.82 Å². The van der Waals surface area contributed by atoms with Crippen molar-refractivity contribution in [3.8, 4) is 0 Å². The zero-order valence-corrected chi connectivity index (χ0v) is 13.5. The first-order chi connectivity index (χ1) is 10.7. The molecule has 2 heterocycles. The topological polar surface area (TPSA) is 68.5 Å². The lowest BCUT2D eigenvalue weighted by atomic mass is 9.91. The molecule has 1 fully saturated rings. The van der Waals surface area contributed by atoms with Crippen LogP contribution in [0.15, 0.2) is 18.2 Å². The number of hydrogen-bond acceptors (Lipinski definition) is 4. The summed E-state index contributed by atoms with van der Waals surface area (Å²) in [5, 5.41) is 0. The highest BCUT2D eigenvalue weighted by Crippen LogP contribution is 2.22. The second-order valence-electron chi connectivity index (χ2n) is 5.99. The van der Waals surface area contributed by atoms with Crippen molar-refractivity contribution in [1.29, 1.82) is 0 Å².